The summed E-state index contributed by atoms with van der Waals surface area (Å²) < 4.78 is 5.67. The molecule has 1 unspecified atom stereocenters. The van der Waals surface area contributed by atoms with Crippen LogP contribution in [-0.4, -0.2) is 49.0 Å². The van der Waals surface area contributed by atoms with Gasteiger partial charge in [0.15, 0.2) is 6.10 Å². The van der Waals surface area contributed by atoms with Gasteiger partial charge in [0.2, 0.25) is 5.91 Å². The monoisotopic (exact) mass is 317 g/mol. The number of likely N-dealkylation sites (tertiary alicyclic amines) is 1. The normalized spacial score (nSPS) is 20.6. The first-order valence-corrected chi connectivity index (χ1v) is 8.19. The van der Waals surface area contributed by atoms with Gasteiger partial charge in [0.1, 0.15) is 5.75 Å². The molecule has 0 spiro atoms. The number of aryl methyl sites for hydroxylation is 1. The molecule has 1 aromatic rings. The average Bonchev–Trinajstić information content (AvgIpc) is 3.01. The van der Waals surface area contributed by atoms with E-state index in [1.165, 1.54) is 12.8 Å². The highest BCUT2D eigenvalue weighted by Gasteiger charge is 2.29. The SMILES string of the molecule is Cc1ccc2c(c1)NC(=O)C(CC(=O)NCCN1CCCC1)O2. The van der Waals surface area contributed by atoms with Crippen molar-refractivity contribution in [2.24, 2.45) is 0 Å². The number of rotatable bonds is 5. The number of carbonyl (C=O) groups is 2. The first kappa shape index (κ1) is 15.8. The third-order valence-corrected chi connectivity index (χ3v) is 4.27. The molecular formula is C17H23N3O3. The largest absolute Gasteiger partial charge is 0.478 e. The lowest BCUT2D eigenvalue weighted by molar-refractivity contribution is -0.130. The van der Waals surface area contributed by atoms with Crippen molar-refractivity contribution in [2.45, 2.75) is 32.3 Å². The van der Waals surface area contributed by atoms with Crippen LogP contribution in [0.1, 0.15) is 24.8 Å². The van der Waals surface area contributed by atoms with Crippen molar-refractivity contribution in [2.75, 3.05) is 31.5 Å². The number of hydrogen-bond donors (Lipinski definition) is 2. The van der Waals surface area contributed by atoms with Crippen molar-refractivity contribution in [3.63, 3.8) is 0 Å². The molecule has 2 amide bonds. The maximum atomic E-state index is 12.1. The minimum absolute atomic E-state index is 0.0408. The highest BCUT2D eigenvalue weighted by molar-refractivity contribution is 6.00. The number of hydrogen-bond acceptors (Lipinski definition) is 4. The summed E-state index contributed by atoms with van der Waals surface area (Å²) in [6, 6.07) is 5.60. The molecule has 1 saturated heterocycles. The van der Waals surface area contributed by atoms with Crippen LogP contribution in [0.3, 0.4) is 0 Å². The first-order chi connectivity index (χ1) is 11.1. The number of benzene rings is 1. The molecule has 6 nitrogen and oxygen atoms in total. The van der Waals surface area contributed by atoms with Crippen LogP contribution in [0, 0.1) is 6.92 Å². The van der Waals surface area contributed by atoms with Gasteiger partial charge in [-0.25, -0.2) is 0 Å². The second kappa shape index (κ2) is 7.00. The number of anilines is 1. The topological polar surface area (TPSA) is 70.7 Å². The molecule has 1 atom stereocenters. The second-order valence-electron chi connectivity index (χ2n) is 6.20. The summed E-state index contributed by atoms with van der Waals surface area (Å²) >= 11 is 0. The number of fused-ring (bicyclic) bond motifs is 1. The molecule has 0 radical (unpaired) electrons. The highest BCUT2D eigenvalue weighted by Crippen LogP contribution is 2.30. The van der Waals surface area contributed by atoms with Crippen molar-refractivity contribution in [1.82, 2.24) is 10.2 Å². The summed E-state index contributed by atoms with van der Waals surface area (Å²) in [7, 11) is 0. The van der Waals surface area contributed by atoms with Crippen molar-refractivity contribution in [3.05, 3.63) is 23.8 Å². The van der Waals surface area contributed by atoms with Gasteiger partial charge >= 0.3 is 0 Å². The molecule has 124 valence electrons. The lowest BCUT2D eigenvalue weighted by atomic mass is 10.1. The van der Waals surface area contributed by atoms with Gasteiger partial charge in [-0.05, 0) is 50.6 Å². The number of carbonyl (C=O) groups excluding carboxylic acids is 2. The summed E-state index contributed by atoms with van der Waals surface area (Å²) in [5.41, 5.74) is 1.71. The Morgan fingerprint density at radius 3 is 2.96 bits per heavy atom. The maximum Gasteiger partial charge on any atom is 0.266 e. The van der Waals surface area contributed by atoms with Gasteiger partial charge in [0, 0.05) is 13.1 Å². The highest BCUT2D eigenvalue weighted by atomic mass is 16.5. The van der Waals surface area contributed by atoms with E-state index in [9.17, 15) is 9.59 Å². The Kier molecular flexibility index (Phi) is 4.81. The Bertz CT molecular complexity index is 597. The van der Waals surface area contributed by atoms with Crippen LogP contribution < -0.4 is 15.4 Å². The minimum atomic E-state index is -0.767. The molecular weight excluding hydrogens is 294 g/mol. The van der Waals surface area contributed by atoms with Crippen LogP contribution in [0.2, 0.25) is 0 Å². The standard InChI is InChI=1S/C17H23N3O3/c1-12-4-5-14-13(10-12)19-17(22)15(23-14)11-16(21)18-6-9-20-7-2-3-8-20/h4-5,10,15H,2-3,6-9,11H2,1H3,(H,18,21)(H,19,22). The third kappa shape index (κ3) is 4.01. The van der Waals surface area contributed by atoms with Crippen LogP contribution in [-0.2, 0) is 9.59 Å². The number of nitrogens with one attached hydrogen (secondary N) is 2. The molecule has 3 rings (SSSR count). The Morgan fingerprint density at radius 2 is 2.17 bits per heavy atom. The van der Waals surface area contributed by atoms with Crippen molar-refractivity contribution in [3.8, 4) is 5.75 Å². The van der Waals surface area contributed by atoms with Gasteiger partial charge in [0.05, 0.1) is 12.1 Å². The van der Waals surface area contributed by atoms with Gasteiger partial charge in [-0.1, -0.05) is 6.07 Å². The van der Waals surface area contributed by atoms with E-state index in [-0.39, 0.29) is 18.2 Å². The number of nitrogens with zero attached hydrogens (tertiary/aromatic N) is 1. The van der Waals surface area contributed by atoms with Gasteiger partial charge in [-0.15, -0.1) is 0 Å². The second-order valence-corrected chi connectivity index (χ2v) is 6.20. The van der Waals surface area contributed by atoms with Crippen molar-refractivity contribution < 1.29 is 14.3 Å². The lowest BCUT2D eigenvalue weighted by Crippen LogP contribution is -2.42. The van der Waals surface area contributed by atoms with E-state index in [0.717, 1.165) is 25.2 Å². The predicted octanol–water partition coefficient (Wildman–Crippen LogP) is 1.30. The van der Waals surface area contributed by atoms with E-state index in [0.29, 0.717) is 18.0 Å². The van der Waals surface area contributed by atoms with Gasteiger partial charge < -0.3 is 20.3 Å². The summed E-state index contributed by atoms with van der Waals surface area (Å²) in [6.07, 6.45) is 1.75. The molecule has 0 aromatic heterocycles. The van der Waals surface area contributed by atoms with Crippen LogP contribution in [0.4, 0.5) is 5.69 Å². The summed E-state index contributed by atoms with van der Waals surface area (Å²) in [4.78, 5) is 26.4. The molecule has 2 aliphatic rings. The maximum absolute atomic E-state index is 12.1. The fourth-order valence-electron chi connectivity index (χ4n) is 3.00. The Hall–Kier alpha value is -2.08. The van der Waals surface area contributed by atoms with E-state index in [2.05, 4.69) is 15.5 Å². The van der Waals surface area contributed by atoms with E-state index < -0.39 is 6.10 Å². The summed E-state index contributed by atoms with van der Waals surface area (Å²) in [5, 5.41) is 5.67. The van der Waals surface area contributed by atoms with Gasteiger partial charge in [-0.3, -0.25) is 9.59 Å². The molecule has 1 aromatic carbocycles. The number of ether oxygens (including phenoxy) is 1. The molecule has 2 heterocycles. The van der Waals surface area contributed by atoms with Crippen LogP contribution in [0.15, 0.2) is 18.2 Å². The molecule has 0 bridgehead atoms. The third-order valence-electron chi connectivity index (χ3n) is 4.27. The first-order valence-electron chi connectivity index (χ1n) is 8.19. The van der Waals surface area contributed by atoms with Crippen LogP contribution in [0.5, 0.6) is 5.75 Å². The Balaban J connectivity index is 1.48. The Labute approximate surface area is 136 Å². The van der Waals surface area contributed by atoms with E-state index in [4.69, 9.17) is 4.74 Å². The smallest absolute Gasteiger partial charge is 0.266 e. The molecule has 1 fully saturated rings. The lowest BCUT2D eigenvalue weighted by Gasteiger charge is -2.25. The fourth-order valence-corrected chi connectivity index (χ4v) is 3.00. The molecule has 6 heteroatoms. The van der Waals surface area contributed by atoms with Crippen LogP contribution >= 0.6 is 0 Å². The van der Waals surface area contributed by atoms with E-state index in [1.807, 2.05) is 25.1 Å². The molecule has 2 aliphatic heterocycles. The zero-order chi connectivity index (χ0) is 16.2. The molecule has 0 saturated carbocycles. The molecule has 0 aliphatic carbocycles. The fraction of sp³-hybridized carbons (Fsp3) is 0.529. The number of amides is 2. The minimum Gasteiger partial charge on any atom is -0.478 e. The van der Waals surface area contributed by atoms with Gasteiger partial charge in [-0.2, -0.15) is 0 Å². The zero-order valence-electron chi connectivity index (χ0n) is 13.4. The summed E-state index contributed by atoms with van der Waals surface area (Å²) in [5.74, 6) is 0.197. The van der Waals surface area contributed by atoms with Gasteiger partial charge in [0.25, 0.3) is 5.91 Å². The van der Waals surface area contributed by atoms with Crippen molar-refractivity contribution in [1.29, 1.82) is 0 Å². The molecule has 23 heavy (non-hydrogen) atoms. The summed E-state index contributed by atoms with van der Waals surface area (Å²) in [6.45, 7) is 5.65. The quantitative estimate of drug-likeness (QED) is 0.859. The predicted molar refractivity (Wildman–Crippen MR) is 87.5 cm³/mol. The Morgan fingerprint density at radius 1 is 1.39 bits per heavy atom. The van der Waals surface area contributed by atoms with Crippen LogP contribution in [0.25, 0.3) is 0 Å². The van der Waals surface area contributed by atoms with E-state index in [1.54, 1.807) is 0 Å². The van der Waals surface area contributed by atoms with E-state index >= 15 is 0 Å². The average molecular weight is 317 g/mol. The van der Waals surface area contributed by atoms with Crippen molar-refractivity contribution >= 4 is 17.5 Å². The molecule has 2 N–H and O–H groups in total. The zero-order valence-corrected chi connectivity index (χ0v) is 13.4.